The first-order valence-corrected chi connectivity index (χ1v) is 10.2. The minimum Gasteiger partial charge on any atom is -0.473 e. The van der Waals surface area contributed by atoms with Crippen LogP contribution in [-0.2, 0) is 19.6 Å². The summed E-state index contributed by atoms with van der Waals surface area (Å²) in [4.78, 5) is 12.3. The van der Waals surface area contributed by atoms with Crippen molar-refractivity contribution in [1.29, 1.82) is 0 Å². The Hall–Kier alpha value is -2.86. The Morgan fingerprint density at radius 1 is 1.14 bits per heavy atom. The molecular formula is C22H26N4OS. The number of ether oxygens (including phenoxy) is 1. The second-order valence-electron chi connectivity index (χ2n) is 6.39. The molecule has 2 heterocycles. The number of hydrogen-bond acceptors (Lipinski definition) is 4. The van der Waals surface area contributed by atoms with Crippen molar-refractivity contribution in [3.8, 4) is 5.88 Å². The zero-order valence-corrected chi connectivity index (χ0v) is 17.2. The summed E-state index contributed by atoms with van der Waals surface area (Å²) in [5.74, 6) is 1.50. The molecule has 6 heteroatoms. The van der Waals surface area contributed by atoms with E-state index in [1.54, 1.807) is 24.6 Å². The van der Waals surface area contributed by atoms with Crippen LogP contribution in [0.3, 0.4) is 0 Å². The molecule has 0 amide bonds. The first-order valence-electron chi connectivity index (χ1n) is 9.31. The number of likely N-dealkylation sites (N-methyl/N-ethyl adjacent to an activating group) is 1. The highest BCUT2D eigenvalue weighted by Gasteiger charge is 2.09. The molecule has 0 aliphatic rings. The molecular weight excluding hydrogens is 368 g/mol. The van der Waals surface area contributed by atoms with Crippen molar-refractivity contribution in [2.45, 2.75) is 19.6 Å². The van der Waals surface area contributed by atoms with Gasteiger partial charge in [0, 0.05) is 43.8 Å². The maximum Gasteiger partial charge on any atom is 0.218 e. The molecule has 0 aliphatic heterocycles. The van der Waals surface area contributed by atoms with Gasteiger partial charge in [0.15, 0.2) is 5.96 Å². The van der Waals surface area contributed by atoms with E-state index in [9.17, 15) is 0 Å². The van der Waals surface area contributed by atoms with Crippen molar-refractivity contribution in [3.63, 3.8) is 0 Å². The molecule has 0 fully saturated rings. The Morgan fingerprint density at radius 2 is 2.00 bits per heavy atom. The smallest absolute Gasteiger partial charge is 0.218 e. The van der Waals surface area contributed by atoms with E-state index in [-0.39, 0.29) is 0 Å². The molecule has 0 atom stereocenters. The Bertz CT molecular complexity index is 865. The van der Waals surface area contributed by atoms with Crippen LogP contribution in [0.1, 0.15) is 16.0 Å². The van der Waals surface area contributed by atoms with Gasteiger partial charge in [-0.3, -0.25) is 4.99 Å². The summed E-state index contributed by atoms with van der Waals surface area (Å²) in [7, 11) is 3.86. The number of guanidine groups is 1. The fourth-order valence-corrected chi connectivity index (χ4v) is 3.51. The Balaban J connectivity index is 1.55. The number of nitrogens with one attached hydrogen (secondary N) is 1. The van der Waals surface area contributed by atoms with E-state index < -0.39 is 0 Å². The van der Waals surface area contributed by atoms with Gasteiger partial charge in [-0.1, -0.05) is 42.5 Å². The standard InChI is InChI=1S/C22H26N4OS/c1-23-22(26(2)14-12-20-11-7-15-28-20)25-16-19-10-6-13-24-21(19)27-17-18-8-4-3-5-9-18/h3-11,13,15H,12,14,16-17H2,1-2H3,(H,23,25). The molecule has 0 unspecified atom stereocenters. The number of benzene rings is 1. The van der Waals surface area contributed by atoms with E-state index in [1.165, 1.54) is 4.88 Å². The summed E-state index contributed by atoms with van der Waals surface area (Å²) in [5.41, 5.74) is 2.13. The van der Waals surface area contributed by atoms with Gasteiger partial charge in [-0.15, -0.1) is 11.3 Å². The maximum absolute atomic E-state index is 5.94. The number of nitrogens with zero attached hydrogens (tertiary/aromatic N) is 3. The van der Waals surface area contributed by atoms with Crippen LogP contribution >= 0.6 is 11.3 Å². The first kappa shape index (κ1) is 19.9. The van der Waals surface area contributed by atoms with Gasteiger partial charge in [0.05, 0.1) is 0 Å². The van der Waals surface area contributed by atoms with Gasteiger partial charge in [0.2, 0.25) is 5.88 Å². The Morgan fingerprint density at radius 3 is 2.75 bits per heavy atom. The molecule has 0 saturated carbocycles. The van der Waals surface area contributed by atoms with Gasteiger partial charge in [-0.25, -0.2) is 4.98 Å². The molecule has 2 aromatic heterocycles. The predicted molar refractivity (Wildman–Crippen MR) is 116 cm³/mol. The van der Waals surface area contributed by atoms with Crippen LogP contribution < -0.4 is 10.1 Å². The van der Waals surface area contributed by atoms with Crippen molar-refractivity contribution in [2.75, 3.05) is 20.6 Å². The molecule has 146 valence electrons. The van der Waals surface area contributed by atoms with Gasteiger partial charge in [-0.05, 0) is 29.5 Å². The van der Waals surface area contributed by atoms with E-state index >= 15 is 0 Å². The number of rotatable bonds is 8. The summed E-state index contributed by atoms with van der Waals surface area (Å²) >= 11 is 1.79. The molecule has 1 aromatic carbocycles. The second kappa shape index (κ2) is 10.5. The highest BCUT2D eigenvalue weighted by Crippen LogP contribution is 2.16. The minimum atomic E-state index is 0.500. The molecule has 3 aromatic rings. The summed E-state index contributed by atoms with van der Waals surface area (Å²) in [6, 6.07) is 18.3. The maximum atomic E-state index is 5.94. The van der Waals surface area contributed by atoms with E-state index in [2.05, 4.69) is 44.8 Å². The molecule has 0 radical (unpaired) electrons. The average molecular weight is 395 g/mol. The van der Waals surface area contributed by atoms with E-state index in [0.29, 0.717) is 19.0 Å². The van der Waals surface area contributed by atoms with Crippen molar-refractivity contribution >= 4 is 17.3 Å². The number of aromatic nitrogens is 1. The topological polar surface area (TPSA) is 49.8 Å². The van der Waals surface area contributed by atoms with E-state index in [1.807, 2.05) is 42.5 Å². The minimum absolute atomic E-state index is 0.500. The van der Waals surface area contributed by atoms with Gasteiger partial charge in [0.1, 0.15) is 6.61 Å². The monoisotopic (exact) mass is 394 g/mol. The quantitative estimate of drug-likeness (QED) is 0.464. The van der Waals surface area contributed by atoms with E-state index in [0.717, 1.165) is 30.1 Å². The van der Waals surface area contributed by atoms with Crippen molar-refractivity contribution in [1.82, 2.24) is 15.2 Å². The predicted octanol–water partition coefficient (Wildman–Crippen LogP) is 3.97. The van der Waals surface area contributed by atoms with Crippen LogP contribution in [0, 0.1) is 0 Å². The lowest BCUT2D eigenvalue weighted by Gasteiger charge is -2.22. The van der Waals surface area contributed by atoms with Gasteiger partial charge >= 0.3 is 0 Å². The second-order valence-corrected chi connectivity index (χ2v) is 7.43. The lowest BCUT2D eigenvalue weighted by molar-refractivity contribution is 0.290. The Labute approximate surface area is 170 Å². The van der Waals surface area contributed by atoms with Gasteiger partial charge < -0.3 is 15.0 Å². The molecule has 28 heavy (non-hydrogen) atoms. The lowest BCUT2D eigenvalue weighted by atomic mass is 10.2. The van der Waals surface area contributed by atoms with Crippen LogP contribution in [0.15, 0.2) is 71.2 Å². The van der Waals surface area contributed by atoms with Gasteiger partial charge in [0.25, 0.3) is 0 Å². The third kappa shape index (κ3) is 5.82. The molecule has 0 aliphatic carbocycles. The number of thiophene rings is 1. The van der Waals surface area contributed by atoms with E-state index in [4.69, 9.17) is 4.74 Å². The van der Waals surface area contributed by atoms with Crippen LogP contribution in [-0.4, -0.2) is 36.5 Å². The zero-order valence-electron chi connectivity index (χ0n) is 16.3. The SMILES string of the molecule is CN=C(NCc1cccnc1OCc1ccccc1)N(C)CCc1cccs1. The highest BCUT2D eigenvalue weighted by atomic mass is 32.1. The summed E-state index contributed by atoms with van der Waals surface area (Å²) in [5, 5.41) is 5.53. The third-order valence-electron chi connectivity index (χ3n) is 4.35. The number of aliphatic imine (C=N–C) groups is 1. The molecule has 0 bridgehead atoms. The average Bonchev–Trinajstić information content (AvgIpc) is 3.26. The number of pyridine rings is 1. The largest absolute Gasteiger partial charge is 0.473 e. The molecule has 0 spiro atoms. The molecule has 3 rings (SSSR count). The first-order chi connectivity index (χ1) is 13.8. The Kier molecular flexibility index (Phi) is 7.44. The fraction of sp³-hybridized carbons (Fsp3) is 0.273. The van der Waals surface area contributed by atoms with Crippen molar-refractivity contribution in [2.24, 2.45) is 4.99 Å². The summed E-state index contributed by atoms with van der Waals surface area (Å²) in [6.45, 7) is 2.01. The zero-order chi connectivity index (χ0) is 19.6. The van der Waals surface area contributed by atoms with Gasteiger partial charge in [-0.2, -0.15) is 0 Å². The molecule has 1 N–H and O–H groups in total. The highest BCUT2D eigenvalue weighted by molar-refractivity contribution is 7.09. The number of hydrogen-bond donors (Lipinski definition) is 1. The third-order valence-corrected chi connectivity index (χ3v) is 5.29. The molecule has 5 nitrogen and oxygen atoms in total. The van der Waals surface area contributed by atoms with Crippen molar-refractivity contribution in [3.05, 3.63) is 82.2 Å². The van der Waals surface area contributed by atoms with Crippen LogP contribution in [0.4, 0.5) is 0 Å². The molecule has 0 saturated heterocycles. The van der Waals surface area contributed by atoms with Crippen molar-refractivity contribution < 1.29 is 4.74 Å². The van der Waals surface area contributed by atoms with Crippen LogP contribution in [0.5, 0.6) is 5.88 Å². The summed E-state index contributed by atoms with van der Waals surface area (Å²) < 4.78 is 5.94. The van der Waals surface area contributed by atoms with Crippen LogP contribution in [0.2, 0.25) is 0 Å². The normalized spacial score (nSPS) is 11.3. The lowest BCUT2D eigenvalue weighted by Crippen LogP contribution is -2.39. The summed E-state index contributed by atoms with van der Waals surface area (Å²) in [6.07, 6.45) is 2.76. The van der Waals surface area contributed by atoms with Crippen LogP contribution in [0.25, 0.3) is 0 Å². The fourth-order valence-electron chi connectivity index (χ4n) is 2.81.